The van der Waals surface area contributed by atoms with Crippen LogP contribution >= 0.6 is 11.6 Å². The lowest BCUT2D eigenvalue weighted by atomic mass is 9.97. The van der Waals surface area contributed by atoms with Gasteiger partial charge in [0.05, 0.1) is 18.8 Å². The summed E-state index contributed by atoms with van der Waals surface area (Å²) in [4.78, 5) is 35.4. The average molecular weight is 490 g/mol. The van der Waals surface area contributed by atoms with Gasteiger partial charge in [-0.25, -0.2) is 9.83 Å². The van der Waals surface area contributed by atoms with E-state index in [1.807, 2.05) is 18.2 Å². The Bertz CT molecular complexity index is 1490. The van der Waals surface area contributed by atoms with Crippen molar-refractivity contribution in [2.24, 2.45) is 7.05 Å². The maximum Gasteiger partial charge on any atom is 0.297 e. The van der Waals surface area contributed by atoms with Crippen molar-refractivity contribution in [1.29, 1.82) is 0 Å². The third kappa shape index (κ3) is 4.65. The van der Waals surface area contributed by atoms with Crippen molar-refractivity contribution in [2.75, 3.05) is 11.9 Å². The molecule has 0 aliphatic rings. The molecule has 0 spiro atoms. The number of nitrogens with zero attached hydrogens (tertiary/aromatic N) is 5. The van der Waals surface area contributed by atoms with Gasteiger partial charge in [0.25, 0.3) is 5.56 Å². The summed E-state index contributed by atoms with van der Waals surface area (Å²) in [5, 5.41) is 14.5. The highest BCUT2D eigenvalue weighted by molar-refractivity contribution is 6.31. The highest BCUT2D eigenvalue weighted by Gasteiger charge is 2.28. The number of ketones is 1. The van der Waals surface area contributed by atoms with Crippen LogP contribution in [0.25, 0.3) is 4.85 Å². The lowest BCUT2D eigenvalue weighted by Gasteiger charge is -2.32. The molecule has 4 aromatic rings. The molecular weight excluding hydrogens is 470 g/mol. The Balaban J connectivity index is 1.86. The van der Waals surface area contributed by atoms with Gasteiger partial charge in [-0.05, 0) is 17.2 Å². The Kier molecular flexibility index (Phi) is 6.66. The number of carbonyl (C=O) groups is 1. The second-order valence-corrected chi connectivity index (χ2v) is 8.25. The Morgan fingerprint density at radius 3 is 2.74 bits per heavy atom. The molecule has 0 bridgehead atoms. The molecule has 0 saturated carbocycles. The molecule has 0 aliphatic heterocycles. The lowest BCUT2D eigenvalue weighted by molar-refractivity contribution is 0.0984. The molecular formula is C25H20ClN5O4. The van der Waals surface area contributed by atoms with Crippen LogP contribution < -0.4 is 10.5 Å². The van der Waals surface area contributed by atoms with E-state index in [9.17, 15) is 14.7 Å². The summed E-state index contributed by atoms with van der Waals surface area (Å²) in [6, 6.07) is 13.7. The summed E-state index contributed by atoms with van der Waals surface area (Å²) in [5.74, 6) is -1.18. The number of anilines is 1. The first-order valence-corrected chi connectivity index (χ1v) is 10.9. The van der Waals surface area contributed by atoms with E-state index in [-0.39, 0.29) is 18.1 Å². The molecule has 176 valence electrons. The molecule has 0 saturated heterocycles. The van der Waals surface area contributed by atoms with E-state index in [1.54, 1.807) is 42.3 Å². The zero-order valence-electron chi connectivity index (χ0n) is 18.8. The Morgan fingerprint density at radius 1 is 1.29 bits per heavy atom. The largest absolute Gasteiger partial charge is 0.501 e. The number of aromatic hydroxyl groups is 1. The van der Waals surface area contributed by atoms with Crippen molar-refractivity contribution in [1.82, 2.24) is 14.7 Å². The minimum atomic E-state index is -0.775. The Morgan fingerprint density at radius 2 is 2.06 bits per heavy atom. The molecule has 0 radical (unpaired) electrons. The van der Waals surface area contributed by atoms with Gasteiger partial charge >= 0.3 is 0 Å². The first kappa shape index (κ1) is 23.7. The number of hydrogen-bond acceptors (Lipinski definition) is 7. The number of halogens is 1. The number of aromatic nitrogens is 3. The fourth-order valence-corrected chi connectivity index (χ4v) is 4.10. The van der Waals surface area contributed by atoms with E-state index in [0.717, 1.165) is 10.1 Å². The van der Waals surface area contributed by atoms with Gasteiger partial charge in [-0.3, -0.25) is 14.2 Å². The summed E-state index contributed by atoms with van der Waals surface area (Å²) in [6.07, 6.45) is 2.53. The monoisotopic (exact) mass is 489 g/mol. The zero-order chi connectivity index (χ0) is 25.1. The second-order valence-electron chi connectivity index (χ2n) is 7.85. The number of benzene rings is 2. The number of Topliss-reactive ketones (excluding diaryl/α,β-unsaturated/α-hetero) is 1. The first-order valence-electron chi connectivity index (χ1n) is 10.5. The summed E-state index contributed by atoms with van der Waals surface area (Å²) in [6.45, 7) is 7.39. The highest BCUT2D eigenvalue weighted by atomic mass is 35.5. The summed E-state index contributed by atoms with van der Waals surface area (Å²) in [7, 11) is 3.15. The molecule has 35 heavy (non-hydrogen) atoms. The van der Waals surface area contributed by atoms with Crippen molar-refractivity contribution in [3.8, 4) is 5.75 Å². The van der Waals surface area contributed by atoms with Gasteiger partial charge in [0, 0.05) is 31.1 Å². The zero-order valence-corrected chi connectivity index (χ0v) is 19.6. The van der Waals surface area contributed by atoms with Crippen LogP contribution in [0.15, 0.2) is 70.3 Å². The smallest absolute Gasteiger partial charge is 0.297 e. The van der Waals surface area contributed by atoms with Crippen molar-refractivity contribution >= 4 is 29.0 Å². The fourth-order valence-electron chi connectivity index (χ4n) is 3.86. The number of carbonyl (C=O) groups excluding carboxylic acids is 1. The highest BCUT2D eigenvalue weighted by Crippen LogP contribution is 2.36. The van der Waals surface area contributed by atoms with Crippen LogP contribution in [0.2, 0.25) is 5.02 Å². The average Bonchev–Trinajstić information content (AvgIpc) is 3.37. The summed E-state index contributed by atoms with van der Waals surface area (Å²) < 4.78 is 5.91. The van der Waals surface area contributed by atoms with E-state index >= 15 is 0 Å². The molecule has 0 aliphatic carbocycles. The number of hydrogen-bond donors (Lipinski definition) is 1. The third-order valence-corrected chi connectivity index (χ3v) is 5.92. The quantitative estimate of drug-likeness (QED) is 0.304. The topological polar surface area (TPSA) is 106 Å². The Labute approximate surface area is 205 Å². The summed E-state index contributed by atoms with van der Waals surface area (Å²) in [5.41, 5.74) is 1.22. The van der Waals surface area contributed by atoms with E-state index in [1.165, 1.54) is 19.5 Å². The predicted molar refractivity (Wildman–Crippen MR) is 130 cm³/mol. The van der Waals surface area contributed by atoms with Crippen LogP contribution in [0, 0.1) is 6.57 Å². The van der Waals surface area contributed by atoms with Crippen LogP contribution in [0.1, 0.15) is 33.2 Å². The first-order chi connectivity index (χ1) is 16.8. The van der Waals surface area contributed by atoms with Gasteiger partial charge in [0.2, 0.25) is 11.7 Å². The van der Waals surface area contributed by atoms with Crippen molar-refractivity contribution in [3.05, 3.63) is 110 Å². The molecule has 0 amide bonds. The van der Waals surface area contributed by atoms with E-state index in [2.05, 4.69) is 15.0 Å². The van der Waals surface area contributed by atoms with E-state index in [0.29, 0.717) is 21.8 Å². The van der Waals surface area contributed by atoms with Crippen LogP contribution in [0.5, 0.6) is 5.75 Å². The van der Waals surface area contributed by atoms with Gasteiger partial charge in [0.1, 0.15) is 6.26 Å². The van der Waals surface area contributed by atoms with Gasteiger partial charge < -0.3 is 14.5 Å². The van der Waals surface area contributed by atoms with Crippen molar-refractivity contribution < 1.29 is 14.4 Å². The minimum Gasteiger partial charge on any atom is -0.501 e. The molecule has 1 unspecified atom stereocenters. The predicted octanol–water partition coefficient (Wildman–Crippen LogP) is 4.33. The van der Waals surface area contributed by atoms with E-state index < -0.39 is 23.1 Å². The molecule has 1 N–H and O–H groups in total. The van der Waals surface area contributed by atoms with Crippen LogP contribution in [0.4, 0.5) is 11.6 Å². The lowest BCUT2D eigenvalue weighted by Crippen LogP contribution is -2.34. The SMILES string of the molecule is [C-]#[N+]c1cccc(C(c2ccccc2Cl)N(C)c2nc(C(=O)Cc3cnoc3)c(O)c(=O)n2C)c1. The molecule has 0 fully saturated rings. The van der Waals surface area contributed by atoms with Gasteiger partial charge in [-0.2, -0.15) is 0 Å². The van der Waals surface area contributed by atoms with Crippen LogP contribution in [-0.4, -0.2) is 32.6 Å². The molecule has 10 heteroatoms. The Hall–Kier alpha value is -4.42. The number of rotatable bonds is 7. The van der Waals surface area contributed by atoms with Crippen LogP contribution in [-0.2, 0) is 13.5 Å². The van der Waals surface area contributed by atoms with E-state index in [4.69, 9.17) is 22.7 Å². The standard InChI is InChI=1S/C25H20ClN5O4/c1-27-17-8-6-7-16(12-17)22(18-9-4-5-10-19(18)26)30(2)25-29-21(23(33)24(34)31(25)3)20(32)11-15-13-28-35-14-15/h4-10,12-14,22,33H,11H2,2-3H3. The van der Waals surface area contributed by atoms with Gasteiger partial charge in [0.15, 0.2) is 17.2 Å². The molecule has 2 aromatic carbocycles. The molecule has 9 nitrogen and oxygen atoms in total. The van der Waals surface area contributed by atoms with Crippen LogP contribution in [0.3, 0.4) is 0 Å². The third-order valence-electron chi connectivity index (χ3n) is 5.57. The minimum absolute atomic E-state index is 0.125. The van der Waals surface area contributed by atoms with Gasteiger partial charge in [-0.1, -0.05) is 59.2 Å². The molecule has 4 rings (SSSR count). The maximum absolute atomic E-state index is 12.9. The van der Waals surface area contributed by atoms with Gasteiger partial charge in [-0.15, -0.1) is 0 Å². The molecule has 2 aromatic heterocycles. The summed E-state index contributed by atoms with van der Waals surface area (Å²) >= 11 is 6.55. The molecule has 1 atom stereocenters. The molecule has 2 heterocycles. The normalized spacial score (nSPS) is 11.6. The maximum atomic E-state index is 12.9. The second kappa shape index (κ2) is 9.83. The van der Waals surface area contributed by atoms with Crippen molar-refractivity contribution in [2.45, 2.75) is 12.5 Å². The van der Waals surface area contributed by atoms with Crippen molar-refractivity contribution in [3.63, 3.8) is 0 Å². The fraction of sp³-hybridized carbons (Fsp3) is 0.160.